The molecule has 1 atom stereocenters. The average molecular weight is 371 g/mol. The van der Waals surface area contributed by atoms with Gasteiger partial charge in [-0.25, -0.2) is 4.98 Å². The number of anilines is 1. The second-order valence-corrected chi connectivity index (χ2v) is 8.25. The maximum atomic E-state index is 9.72. The van der Waals surface area contributed by atoms with Gasteiger partial charge in [-0.1, -0.05) is 25.1 Å². The number of aromatic amines is 1. The maximum Gasteiger partial charge on any atom is 0.149 e. The minimum Gasteiger partial charge on any atom is -0.366 e. The number of aromatic nitrogens is 2. The van der Waals surface area contributed by atoms with E-state index in [2.05, 4.69) is 66.8 Å². The van der Waals surface area contributed by atoms with Gasteiger partial charge in [-0.15, -0.1) is 0 Å². The van der Waals surface area contributed by atoms with Gasteiger partial charge in [0.25, 0.3) is 0 Å². The minimum atomic E-state index is 0.157. The van der Waals surface area contributed by atoms with Crippen LogP contribution >= 0.6 is 0 Å². The van der Waals surface area contributed by atoms with E-state index in [-0.39, 0.29) is 5.54 Å². The second kappa shape index (κ2) is 6.83. The fourth-order valence-corrected chi connectivity index (χ4v) is 4.60. The lowest BCUT2D eigenvalue weighted by Crippen LogP contribution is -2.48. The Hall–Kier alpha value is -3.06. The van der Waals surface area contributed by atoms with E-state index in [1.165, 1.54) is 11.3 Å². The second-order valence-electron chi connectivity index (χ2n) is 8.25. The minimum absolute atomic E-state index is 0.157. The zero-order valence-corrected chi connectivity index (χ0v) is 17.0. The summed E-state index contributed by atoms with van der Waals surface area (Å²) in [6.07, 6.45) is 3.05. The van der Waals surface area contributed by atoms with Crippen molar-refractivity contribution >= 4 is 28.4 Å². The molecule has 2 aromatic carbocycles. The average Bonchev–Trinajstić information content (AvgIpc) is 3.10. The van der Waals surface area contributed by atoms with Crippen molar-refractivity contribution in [3.63, 3.8) is 0 Å². The molecule has 2 heterocycles. The molecule has 0 amide bonds. The van der Waals surface area contributed by atoms with Crippen LogP contribution in [0.3, 0.4) is 0 Å². The van der Waals surface area contributed by atoms with Crippen molar-refractivity contribution in [2.75, 3.05) is 11.4 Å². The standard InChI is InChI=1S/C24H26N4/c1-5-28-22-11-10-17(13-19(22)16(2)14-24(28,3)4)12-18(15-25)23-26-20-8-6-7-9-21(20)27-23/h6-13,16H,5,14H2,1-4H3,(H,26,27)/b18-12-/t16-/m0/s1. The van der Waals surface area contributed by atoms with Gasteiger partial charge in [0.2, 0.25) is 0 Å². The SMILES string of the molecule is CCN1c2ccc(/C=C(/C#N)c3nc4ccccc4[nH]3)cc2[C@@H](C)CC1(C)C. The number of rotatable bonds is 3. The lowest BCUT2D eigenvalue weighted by atomic mass is 9.79. The highest BCUT2D eigenvalue weighted by molar-refractivity contribution is 5.90. The molecule has 0 bridgehead atoms. The Labute approximate surface area is 166 Å². The lowest BCUT2D eigenvalue weighted by Gasteiger charge is -2.47. The Morgan fingerprint density at radius 3 is 2.82 bits per heavy atom. The van der Waals surface area contributed by atoms with Gasteiger partial charge in [-0.05, 0) is 74.6 Å². The lowest BCUT2D eigenvalue weighted by molar-refractivity contribution is 0.381. The van der Waals surface area contributed by atoms with E-state index in [1.807, 2.05) is 30.3 Å². The summed E-state index contributed by atoms with van der Waals surface area (Å²) >= 11 is 0. The van der Waals surface area contributed by atoms with E-state index in [4.69, 9.17) is 0 Å². The van der Waals surface area contributed by atoms with E-state index in [1.54, 1.807) is 0 Å². The normalized spacial score (nSPS) is 18.8. The number of fused-ring (bicyclic) bond motifs is 2. The third-order valence-electron chi connectivity index (χ3n) is 5.80. The molecule has 28 heavy (non-hydrogen) atoms. The Balaban J connectivity index is 1.75. The van der Waals surface area contributed by atoms with Crippen molar-refractivity contribution in [1.29, 1.82) is 5.26 Å². The first-order chi connectivity index (χ1) is 13.4. The van der Waals surface area contributed by atoms with Gasteiger partial charge >= 0.3 is 0 Å². The molecule has 1 aliphatic heterocycles. The monoisotopic (exact) mass is 370 g/mol. The van der Waals surface area contributed by atoms with Gasteiger partial charge in [0.15, 0.2) is 0 Å². The molecule has 0 aliphatic carbocycles. The van der Waals surface area contributed by atoms with Gasteiger partial charge in [0.1, 0.15) is 11.9 Å². The number of nitrogens with one attached hydrogen (secondary N) is 1. The van der Waals surface area contributed by atoms with Crippen molar-refractivity contribution in [2.45, 2.75) is 45.6 Å². The highest BCUT2D eigenvalue weighted by Crippen LogP contribution is 2.43. The molecule has 1 aliphatic rings. The van der Waals surface area contributed by atoms with Crippen LogP contribution in [-0.4, -0.2) is 22.1 Å². The summed E-state index contributed by atoms with van der Waals surface area (Å²) in [4.78, 5) is 10.3. The largest absolute Gasteiger partial charge is 0.366 e. The maximum absolute atomic E-state index is 9.72. The molecule has 0 saturated heterocycles. The summed E-state index contributed by atoms with van der Waals surface area (Å²) in [5.41, 5.74) is 6.23. The van der Waals surface area contributed by atoms with Crippen LogP contribution in [0.5, 0.6) is 0 Å². The van der Waals surface area contributed by atoms with Crippen LogP contribution in [0.15, 0.2) is 42.5 Å². The third kappa shape index (κ3) is 3.07. The predicted molar refractivity (Wildman–Crippen MR) is 116 cm³/mol. The highest BCUT2D eigenvalue weighted by atomic mass is 15.2. The number of nitrogens with zero attached hydrogens (tertiary/aromatic N) is 3. The van der Waals surface area contributed by atoms with Gasteiger partial charge in [0.05, 0.1) is 16.6 Å². The summed E-state index contributed by atoms with van der Waals surface area (Å²) in [6, 6.07) is 16.7. The van der Waals surface area contributed by atoms with Crippen LogP contribution < -0.4 is 4.90 Å². The fourth-order valence-electron chi connectivity index (χ4n) is 4.60. The van der Waals surface area contributed by atoms with Gasteiger partial charge in [-0.3, -0.25) is 0 Å². The van der Waals surface area contributed by atoms with Crippen LogP contribution in [0, 0.1) is 11.3 Å². The van der Waals surface area contributed by atoms with E-state index >= 15 is 0 Å². The van der Waals surface area contributed by atoms with Crippen LogP contribution in [-0.2, 0) is 0 Å². The Morgan fingerprint density at radius 1 is 1.32 bits per heavy atom. The van der Waals surface area contributed by atoms with E-state index in [0.29, 0.717) is 17.3 Å². The summed E-state index contributed by atoms with van der Waals surface area (Å²) in [5.74, 6) is 1.10. The Bertz CT molecular complexity index is 1060. The van der Waals surface area contributed by atoms with Crippen molar-refractivity contribution in [1.82, 2.24) is 9.97 Å². The van der Waals surface area contributed by atoms with Crippen LogP contribution in [0.4, 0.5) is 5.69 Å². The van der Waals surface area contributed by atoms with E-state index in [0.717, 1.165) is 29.6 Å². The summed E-state index contributed by atoms with van der Waals surface area (Å²) in [6.45, 7) is 10.1. The summed E-state index contributed by atoms with van der Waals surface area (Å²) in [5, 5.41) is 9.72. The highest BCUT2D eigenvalue weighted by Gasteiger charge is 2.35. The molecule has 142 valence electrons. The molecule has 0 saturated carbocycles. The van der Waals surface area contributed by atoms with Crippen LogP contribution in [0.1, 0.15) is 57.0 Å². The molecule has 0 spiro atoms. The fraction of sp³-hybridized carbons (Fsp3) is 0.333. The first kappa shape index (κ1) is 18.3. The molecule has 1 N–H and O–H groups in total. The topological polar surface area (TPSA) is 55.7 Å². The number of nitriles is 1. The van der Waals surface area contributed by atoms with Crippen molar-refractivity contribution in [2.24, 2.45) is 0 Å². The summed E-state index contributed by atoms with van der Waals surface area (Å²) < 4.78 is 0. The molecule has 3 aromatic rings. The smallest absolute Gasteiger partial charge is 0.149 e. The van der Waals surface area contributed by atoms with Crippen molar-refractivity contribution in [3.05, 3.63) is 59.4 Å². The molecular weight excluding hydrogens is 344 g/mol. The Morgan fingerprint density at radius 2 is 2.11 bits per heavy atom. The quantitative estimate of drug-likeness (QED) is 0.598. The van der Waals surface area contributed by atoms with Gasteiger partial charge in [0, 0.05) is 17.8 Å². The number of para-hydroxylation sites is 2. The molecule has 4 heteroatoms. The van der Waals surface area contributed by atoms with Crippen molar-refractivity contribution < 1.29 is 0 Å². The zero-order chi connectivity index (χ0) is 19.9. The molecule has 0 unspecified atom stereocenters. The van der Waals surface area contributed by atoms with Gasteiger partial charge in [-0.2, -0.15) is 5.26 Å². The molecular formula is C24H26N4. The number of allylic oxidation sites excluding steroid dienone is 1. The molecule has 4 rings (SSSR count). The number of hydrogen-bond acceptors (Lipinski definition) is 3. The molecule has 4 nitrogen and oxygen atoms in total. The number of hydrogen-bond donors (Lipinski definition) is 1. The number of H-pyrrole nitrogens is 1. The molecule has 0 fully saturated rings. The first-order valence-corrected chi connectivity index (χ1v) is 9.91. The van der Waals surface area contributed by atoms with Gasteiger partial charge < -0.3 is 9.88 Å². The van der Waals surface area contributed by atoms with Crippen LogP contribution in [0.25, 0.3) is 22.7 Å². The third-order valence-corrected chi connectivity index (χ3v) is 5.80. The first-order valence-electron chi connectivity index (χ1n) is 9.91. The van der Waals surface area contributed by atoms with Crippen LogP contribution in [0.2, 0.25) is 0 Å². The number of imidazole rings is 1. The summed E-state index contributed by atoms with van der Waals surface area (Å²) in [7, 11) is 0. The zero-order valence-electron chi connectivity index (χ0n) is 17.0. The van der Waals surface area contributed by atoms with Crippen molar-refractivity contribution in [3.8, 4) is 6.07 Å². The van der Waals surface area contributed by atoms with E-state index in [9.17, 15) is 5.26 Å². The Kier molecular flexibility index (Phi) is 4.47. The predicted octanol–water partition coefficient (Wildman–Crippen LogP) is 5.74. The van der Waals surface area contributed by atoms with E-state index < -0.39 is 0 Å². The number of benzene rings is 2. The molecule has 0 radical (unpaired) electrons. The molecule has 1 aromatic heterocycles.